The summed E-state index contributed by atoms with van der Waals surface area (Å²) >= 11 is 0. The third-order valence-corrected chi connectivity index (χ3v) is 3.26. The third kappa shape index (κ3) is 3.70. The lowest BCUT2D eigenvalue weighted by molar-refractivity contribution is 0.198. The third-order valence-electron chi connectivity index (χ3n) is 3.26. The fraction of sp³-hybridized carbons (Fsp3) is 0.909. The second-order valence-electron chi connectivity index (χ2n) is 4.34. The lowest BCUT2D eigenvalue weighted by Gasteiger charge is -2.30. The van der Waals surface area contributed by atoms with E-state index in [0.29, 0.717) is 5.92 Å². The number of nitrogens with zero attached hydrogens (tertiary/aromatic N) is 1. The van der Waals surface area contributed by atoms with E-state index in [2.05, 4.69) is 17.6 Å². The highest BCUT2D eigenvalue weighted by molar-refractivity contribution is 5.74. The van der Waals surface area contributed by atoms with Gasteiger partial charge in [0.05, 0.1) is 0 Å². The minimum atomic E-state index is 0.0449. The van der Waals surface area contributed by atoms with Crippen molar-refractivity contribution in [1.29, 1.82) is 0 Å². The molecule has 1 aliphatic heterocycles. The summed E-state index contributed by atoms with van der Waals surface area (Å²) in [7, 11) is 1.82. The number of piperidine rings is 1. The summed E-state index contributed by atoms with van der Waals surface area (Å²) in [6.45, 7) is 7.00. The highest BCUT2D eigenvalue weighted by Crippen LogP contribution is 2.15. The van der Waals surface area contributed by atoms with Gasteiger partial charge in [-0.3, -0.25) is 0 Å². The number of rotatable bonds is 3. The molecule has 0 bridgehead atoms. The summed E-state index contributed by atoms with van der Waals surface area (Å²) in [6, 6.07) is 0.331. The van der Waals surface area contributed by atoms with Gasteiger partial charge in [-0.25, -0.2) is 4.79 Å². The zero-order valence-electron chi connectivity index (χ0n) is 10.0. The molecule has 0 aromatic heterocycles. The zero-order chi connectivity index (χ0) is 11.3. The summed E-state index contributed by atoms with van der Waals surface area (Å²) in [5.41, 5.74) is 0. The molecule has 2 amide bonds. The van der Waals surface area contributed by atoms with Crippen LogP contribution in [0.25, 0.3) is 0 Å². The van der Waals surface area contributed by atoms with E-state index in [9.17, 15) is 4.79 Å². The van der Waals surface area contributed by atoms with Gasteiger partial charge < -0.3 is 15.5 Å². The lowest BCUT2D eigenvalue weighted by Crippen LogP contribution is -2.47. The second kappa shape index (κ2) is 5.95. The Morgan fingerprint density at radius 2 is 2.13 bits per heavy atom. The van der Waals surface area contributed by atoms with Crippen molar-refractivity contribution in [1.82, 2.24) is 15.5 Å². The van der Waals surface area contributed by atoms with E-state index < -0.39 is 0 Å². The van der Waals surface area contributed by atoms with Gasteiger partial charge in [0.25, 0.3) is 0 Å². The molecule has 1 saturated heterocycles. The van der Waals surface area contributed by atoms with Gasteiger partial charge >= 0.3 is 6.03 Å². The van der Waals surface area contributed by atoms with Crippen LogP contribution in [-0.2, 0) is 0 Å². The molecule has 1 unspecified atom stereocenters. The molecule has 2 N–H and O–H groups in total. The van der Waals surface area contributed by atoms with Crippen molar-refractivity contribution in [3.63, 3.8) is 0 Å². The van der Waals surface area contributed by atoms with Crippen LogP contribution in [0.2, 0.25) is 0 Å². The van der Waals surface area contributed by atoms with E-state index in [1.807, 2.05) is 14.0 Å². The predicted molar refractivity (Wildman–Crippen MR) is 61.9 cm³/mol. The summed E-state index contributed by atoms with van der Waals surface area (Å²) < 4.78 is 0. The Kier molecular flexibility index (Phi) is 4.88. The van der Waals surface area contributed by atoms with Crippen LogP contribution in [-0.4, -0.2) is 43.7 Å². The molecule has 1 rings (SSSR count). The molecule has 4 heteroatoms. The van der Waals surface area contributed by atoms with Crippen molar-refractivity contribution in [2.75, 3.05) is 26.7 Å². The number of urea groups is 1. The highest BCUT2D eigenvalue weighted by Gasteiger charge is 2.21. The molecular formula is C11H23N3O. The number of carbonyl (C=O) groups is 1. The van der Waals surface area contributed by atoms with Crippen LogP contribution in [0, 0.1) is 5.92 Å². The Morgan fingerprint density at radius 3 is 2.67 bits per heavy atom. The van der Waals surface area contributed by atoms with E-state index in [4.69, 9.17) is 0 Å². The summed E-state index contributed by atoms with van der Waals surface area (Å²) in [5.74, 6) is 0.625. The molecule has 1 aliphatic rings. The second-order valence-corrected chi connectivity index (χ2v) is 4.34. The average Bonchev–Trinajstić information content (AvgIpc) is 2.29. The minimum absolute atomic E-state index is 0.0449. The Morgan fingerprint density at radius 1 is 1.53 bits per heavy atom. The maximum Gasteiger partial charge on any atom is 0.317 e. The van der Waals surface area contributed by atoms with Crippen LogP contribution >= 0.6 is 0 Å². The fourth-order valence-electron chi connectivity index (χ4n) is 1.91. The SMILES string of the molecule is CCN(C)C(=O)NC(C)C1CCNCC1. The molecule has 1 atom stereocenters. The average molecular weight is 213 g/mol. The molecule has 0 aliphatic carbocycles. The number of hydrogen-bond acceptors (Lipinski definition) is 2. The molecule has 88 valence electrons. The normalized spacial score (nSPS) is 19.7. The predicted octanol–water partition coefficient (Wildman–Crippen LogP) is 1.04. The number of nitrogens with one attached hydrogen (secondary N) is 2. The minimum Gasteiger partial charge on any atom is -0.335 e. The smallest absolute Gasteiger partial charge is 0.317 e. The van der Waals surface area contributed by atoms with E-state index in [0.717, 1.165) is 32.5 Å². The molecule has 1 fully saturated rings. The van der Waals surface area contributed by atoms with Crippen molar-refractivity contribution in [3.05, 3.63) is 0 Å². The summed E-state index contributed by atoms with van der Waals surface area (Å²) in [4.78, 5) is 13.3. The van der Waals surface area contributed by atoms with Gasteiger partial charge in [0, 0.05) is 19.6 Å². The number of hydrogen-bond donors (Lipinski definition) is 2. The van der Waals surface area contributed by atoms with Crippen molar-refractivity contribution < 1.29 is 4.79 Å². The maximum absolute atomic E-state index is 11.6. The monoisotopic (exact) mass is 213 g/mol. The van der Waals surface area contributed by atoms with Crippen LogP contribution in [0.3, 0.4) is 0 Å². The van der Waals surface area contributed by atoms with Gasteiger partial charge in [-0.05, 0) is 45.7 Å². The van der Waals surface area contributed by atoms with Gasteiger partial charge in [-0.2, -0.15) is 0 Å². The first kappa shape index (κ1) is 12.3. The molecule has 0 spiro atoms. The van der Waals surface area contributed by atoms with Crippen LogP contribution in [0.4, 0.5) is 4.79 Å². The first-order valence-electron chi connectivity index (χ1n) is 5.87. The Balaban J connectivity index is 2.33. The molecule has 1 heterocycles. The van der Waals surface area contributed by atoms with Gasteiger partial charge in [-0.1, -0.05) is 0 Å². The molecule has 4 nitrogen and oxygen atoms in total. The molecular weight excluding hydrogens is 190 g/mol. The van der Waals surface area contributed by atoms with Crippen LogP contribution in [0.15, 0.2) is 0 Å². The Hall–Kier alpha value is -0.770. The number of amides is 2. The van der Waals surface area contributed by atoms with E-state index in [-0.39, 0.29) is 12.1 Å². The van der Waals surface area contributed by atoms with Gasteiger partial charge in [0.2, 0.25) is 0 Å². The maximum atomic E-state index is 11.6. The van der Waals surface area contributed by atoms with Crippen LogP contribution in [0.1, 0.15) is 26.7 Å². The largest absolute Gasteiger partial charge is 0.335 e. The molecule has 0 saturated carbocycles. The van der Waals surface area contributed by atoms with Crippen molar-refractivity contribution in [3.8, 4) is 0 Å². The van der Waals surface area contributed by atoms with Crippen molar-refractivity contribution in [2.45, 2.75) is 32.7 Å². The van der Waals surface area contributed by atoms with Gasteiger partial charge in [0.1, 0.15) is 0 Å². The van der Waals surface area contributed by atoms with Crippen molar-refractivity contribution in [2.24, 2.45) is 5.92 Å². The highest BCUT2D eigenvalue weighted by atomic mass is 16.2. The quantitative estimate of drug-likeness (QED) is 0.735. The van der Waals surface area contributed by atoms with E-state index >= 15 is 0 Å². The first-order chi connectivity index (χ1) is 7.15. The summed E-state index contributed by atoms with van der Waals surface area (Å²) in [6.07, 6.45) is 2.33. The zero-order valence-corrected chi connectivity index (χ0v) is 10.0. The van der Waals surface area contributed by atoms with Gasteiger partial charge in [0.15, 0.2) is 0 Å². The summed E-state index contributed by atoms with van der Waals surface area (Å²) in [5, 5.41) is 6.39. The molecule has 0 aromatic carbocycles. The fourth-order valence-corrected chi connectivity index (χ4v) is 1.91. The Bertz CT molecular complexity index is 202. The van der Waals surface area contributed by atoms with E-state index in [1.165, 1.54) is 0 Å². The van der Waals surface area contributed by atoms with Crippen LogP contribution < -0.4 is 10.6 Å². The van der Waals surface area contributed by atoms with Crippen LogP contribution in [0.5, 0.6) is 0 Å². The standard InChI is InChI=1S/C11H23N3O/c1-4-14(3)11(15)13-9(2)10-5-7-12-8-6-10/h9-10,12H,4-8H2,1-3H3,(H,13,15). The van der Waals surface area contributed by atoms with Gasteiger partial charge in [-0.15, -0.1) is 0 Å². The number of carbonyl (C=O) groups excluding carboxylic acids is 1. The Labute approximate surface area is 92.4 Å². The molecule has 0 aromatic rings. The molecule has 0 radical (unpaired) electrons. The topological polar surface area (TPSA) is 44.4 Å². The van der Waals surface area contributed by atoms with E-state index in [1.54, 1.807) is 4.90 Å². The lowest BCUT2D eigenvalue weighted by atomic mass is 9.91. The van der Waals surface area contributed by atoms with Crippen molar-refractivity contribution >= 4 is 6.03 Å². The molecule has 15 heavy (non-hydrogen) atoms. The first-order valence-corrected chi connectivity index (χ1v) is 5.87.